The Balaban J connectivity index is 2.94. The Bertz CT molecular complexity index is 420. The molecule has 2 atom stereocenters. The lowest BCUT2D eigenvalue weighted by atomic mass is 10.0. The quantitative estimate of drug-likeness (QED) is 0.857. The van der Waals surface area contributed by atoms with Crippen LogP contribution in [0.3, 0.4) is 0 Å². The van der Waals surface area contributed by atoms with Crippen LogP contribution in [0.15, 0.2) is 24.3 Å². The minimum atomic E-state index is -0.145. The third-order valence-corrected chi connectivity index (χ3v) is 3.44. The summed E-state index contributed by atoms with van der Waals surface area (Å²) in [6.07, 6.45) is 0. The van der Waals surface area contributed by atoms with Gasteiger partial charge in [0.15, 0.2) is 0 Å². The Morgan fingerprint density at radius 1 is 1.42 bits per heavy atom. The number of hydrogen-bond donors (Lipinski definition) is 1. The summed E-state index contributed by atoms with van der Waals surface area (Å²) in [4.78, 5) is 14.1. The van der Waals surface area contributed by atoms with E-state index in [1.54, 1.807) is 7.11 Å². The molecule has 0 bridgehead atoms. The van der Waals surface area contributed by atoms with Gasteiger partial charge in [0.1, 0.15) is 5.75 Å². The lowest BCUT2D eigenvalue weighted by molar-refractivity contribution is -0.136. The van der Waals surface area contributed by atoms with Crippen molar-refractivity contribution in [3.8, 4) is 5.75 Å². The fourth-order valence-corrected chi connectivity index (χ4v) is 2.09. The number of nitrogens with two attached hydrogens (primary N) is 1. The molecule has 0 saturated carbocycles. The van der Waals surface area contributed by atoms with Gasteiger partial charge in [-0.2, -0.15) is 0 Å². The van der Waals surface area contributed by atoms with Crippen molar-refractivity contribution < 1.29 is 9.53 Å². The maximum atomic E-state index is 12.3. The second kappa shape index (κ2) is 7.14. The van der Waals surface area contributed by atoms with Gasteiger partial charge in [0.25, 0.3) is 0 Å². The Morgan fingerprint density at radius 3 is 2.63 bits per heavy atom. The lowest BCUT2D eigenvalue weighted by Gasteiger charge is -2.30. The summed E-state index contributed by atoms with van der Waals surface area (Å²) in [6.45, 7) is 6.92. The van der Waals surface area contributed by atoms with Gasteiger partial charge in [-0.1, -0.05) is 19.1 Å². The molecule has 0 aliphatic rings. The summed E-state index contributed by atoms with van der Waals surface area (Å²) in [6, 6.07) is 7.83. The molecule has 2 N–H and O–H groups in total. The average molecular weight is 264 g/mol. The van der Waals surface area contributed by atoms with Gasteiger partial charge < -0.3 is 15.4 Å². The van der Waals surface area contributed by atoms with Crippen LogP contribution >= 0.6 is 0 Å². The topological polar surface area (TPSA) is 55.6 Å². The smallest absolute Gasteiger partial charge is 0.227 e. The minimum absolute atomic E-state index is 0.0154. The molecule has 0 aromatic heterocycles. The normalized spacial score (nSPS) is 13.7. The van der Waals surface area contributed by atoms with Gasteiger partial charge in [0.2, 0.25) is 5.91 Å². The molecule has 19 heavy (non-hydrogen) atoms. The number of hydrogen-bond acceptors (Lipinski definition) is 3. The highest BCUT2D eigenvalue weighted by molar-refractivity contribution is 5.79. The van der Waals surface area contributed by atoms with E-state index in [1.807, 2.05) is 49.9 Å². The molecule has 1 rings (SSSR count). The van der Waals surface area contributed by atoms with Crippen LogP contribution < -0.4 is 10.5 Å². The minimum Gasteiger partial charge on any atom is -0.497 e. The van der Waals surface area contributed by atoms with Gasteiger partial charge in [-0.3, -0.25) is 4.79 Å². The van der Waals surface area contributed by atoms with Crippen LogP contribution in [0.5, 0.6) is 5.75 Å². The van der Waals surface area contributed by atoms with Crippen LogP contribution in [0.2, 0.25) is 0 Å². The summed E-state index contributed by atoms with van der Waals surface area (Å²) in [7, 11) is 1.64. The summed E-state index contributed by atoms with van der Waals surface area (Å²) >= 11 is 0. The highest BCUT2D eigenvalue weighted by Gasteiger charge is 2.23. The van der Waals surface area contributed by atoms with Crippen LogP contribution in [0, 0.1) is 5.92 Å². The van der Waals surface area contributed by atoms with Gasteiger partial charge in [-0.25, -0.2) is 0 Å². The molecule has 0 aliphatic heterocycles. The molecule has 0 heterocycles. The van der Waals surface area contributed by atoms with Crippen molar-refractivity contribution in [2.75, 3.05) is 20.2 Å². The standard InChI is InChI=1S/C15H24N2O2/c1-5-17(15(18)11(2)10-16)12(3)13-7-6-8-14(9-13)19-4/h6-9,11-12H,5,10,16H2,1-4H3. The van der Waals surface area contributed by atoms with E-state index in [0.29, 0.717) is 13.1 Å². The molecule has 0 fully saturated rings. The van der Waals surface area contributed by atoms with Gasteiger partial charge in [-0.15, -0.1) is 0 Å². The van der Waals surface area contributed by atoms with Crippen LogP contribution in [0.4, 0.5) is 0 Å². The second-order valence-electron chi connectivity index (χ2n) is 4.71. The van der Waals surface area contributed by atoms with Crippen molar-refractivity contribution in [2.24, 2.45) is 11.7 Å². The first-order valence-corrected chi connectivity index (χ1v) is 6.69. The van der Waals surface area contributed by atoms with E-state index < -0.39 is 0 Å². The van der Waals surface area contributed by atoms with Crippen molar-refractivity contribution in [1.82, 2.24) is 4.90 Å². The van der Waals surface area contributed by atoms with E-state index in [0.717, 1.165) is 11.3 Å². The van der Waals surface area contributed by atoms with E-state index in [-0.39, 0.29) is 17.9 Å². The molecular weight excluding hydrogens is 240 g/mol. The van der Waals surface area contributed by atoms with Crippen LogP contribution in [0.25, 0.3) is 0 Å². The van der Waals surface area contributed by atoms with E-state index >= 15 is 0 Å². The van der Waals surface area contributed by atoms with E-state index in [2.05, 4.69) is 0 Å². The maximum absolute atomic E-state index is 12.3. The SMILES string of the molecule is CCN(C(=O)C(C)CN)C(C)c1cccc(OC)c1. The van der Waals surface area contributed by atoms with Crippen LogP contribution in [-0.2, 0) is 4.79 Å². The molecule has 4 nitrogen and oxygen atoms in total. The zero-order valence-electron chi connectivity index (χ0n) is 12.2. The van der Waals surface area contributed by atoms with Crippen molar-refractivity contribution in [1.29, 1.82) is 0 Å². The predicted molar refractivity (Wildman–Crippen MR) is 77.0 cm³/mol. The molecule has 2 unspecified atom stereocenters. The largest absolute Gasteiger partial charge is 0.497 e. The van der Waals surface area contributed by atoms with Crippen molar-refractivity contribution in [3.05, 3.63) is 29.8 Å². The highest BCUT2D eigenvalue weighted by atomic mass is 16.5. The summed E-state index contributed by atoms with van der Waals surface area (Å²) in [5.41, 5.74) is 6.65. The van der Waals surface area contributed by atoms with Gasteiger partial charge in [-0.05, 0) is 31.5 Å². The third kappa shape index (κ3) is 3.70. The van der Waals surface area contributed by atoms with Gasteiger partial charge >= 0.3 is 0 Å². The fraction of sp³-hybridized carbons (Fsp3) is 0.533. The molecule has 0 saturated heterocycles. The number of rotatable bonds is 6. The Morgan fingerprint density at radius 2 is 2.11 bits per heavy atom. The first kappa shape index (κ1) is 15.5. The number of carbonyl (C=O) groups is 1. The number of ether oxygens (including phenoxy) is 1. The number of benzene rings is 1. The molecule has 1 aromatic rings. The van der Waals surface area contributed by atoms with E-state index in [4.69, 9.17) is 10.5 Å². The molecule has 0 aliphatic carbocycles. The first-order valence-electron chi connectivity index (χ1n) is 6.69. The molecule has 1 aromatic carbocycles. The lowest BCUT2D eigenvalue weighted by Crippen LogP contribution is -2.39. The average Bonchev–Trinajstić information content (AvgIpc) is 2.46. The molecule has 4 heteroatoms. The van der Waals surface area contributed by atoms with Crippen molar-refractivity contribution >= 4 is 5.91 Å². The molecule has 106 valence electrons. The van der Waals surface area contributed by atoms with E-state index in [9.17, 15) is 4.79 Å². The van der Waals surface area contributed by atoms with Gasteiger partial charge in [0, 0.05) is 19.0 Å². The summed E-state index contributed by atoms with van der Waals surface area (Å²) in [5, 5.41) is 0. The number of methoxy groups -OCH3 is 1. The molecular formula is C15H24N2O2. The predicted octanol–water partition coefficient (Wildman–Crippen LogP) is 2.20. The maximum Gasteiger partial charge on any atom is 0.227 e. The second-order valence-corrected chi connectivity index (χ2v) is 4.71. The summed E-state index contributed by atoms with van der Waals surface area (Å²) < 4.78 is 5.22. The zero-order valence-corrected chi connectivity index (χ0v) is 12.2. The van der Waals surface area contributed by atoms with Crippen LogP contribution in [0.1, 0.15) is 32.4 Å². The number of carbonyl (C=O) groups excluding carboxylic acids is 1. The van der Waals surface area contributed by atoms with Gasteiger partial charge in [0.05, 0.1) is 13.2 Å². The summed E-state index contributed by atoms with van der Waals surface area (Å²) in [5.74, 6) is 0.757. The molecule has 1 amide bonds. The Hall–Kier alpha value is -1.55. The van der Waals surface area contributed by atoms with Crippen molar-refractivity contribution in [3.63, 3.8) is 0 Å². The fourth-order valence-electron chi connectivity index (χ4n) is 2.09. The Kier molecular flexibility index (Phi) is 5.83. The molecule has 0 spiro atoms. The number of amides is 1. The zero-order chi connectivity index (χ0) is 14.4. The van der Waals surface area contributed by atoms with E-state index in [1.165, 1.54) is 0 Å². The first-order chi connectivity index (χ1) is 9.04. The highest BCUT2D eigenvalue weighted by Crippen LogP contribution is 2.24. The monoisotopic (exact) mass is 264 g/mol. The third-order valence-electron chi connectivity index (χ3n) is 3.44. The van der Waals surface area contributed by atoms with Crippen LogP contribution in [-0.4, -0.2) is 31.0 Å². The van der Waals surface area contributed by atoms with Crippen molar-refractivity contribution in [2.45, 2.75) is 26.8 Å². The molecule has 0 radical (unpaired) electrons. The Labute approximate surface area is 115 Å². The number of nitrogens with zero attached hydrogens (tertiary/aromatic N) is 1.